The van der Waals surface area contributed by atoms with Crippen molar-refractivity contribution in [1.82, 2.24) is 0 Å². The van der Waals surface area contributed by atoms with Crippen molar-refractivity contribution in [3.8, 4) is 5.75 Å². The first-order valence-electron chi connectivity index (χ1n) is 7.26. The number of anilines is 1. The van der Waals surface area contributed by atoms with Crippen LogP contribution in [0.1, 0.15) is 19.8 Å². The summed E-state index contributed by atoms with van der Waals surface area (Å²) >= 11 is 1.78. The third kappa shape index (κ3) is 4.81. The number of hydrogen-bond donors (Lipinski definition) is 1. The summed E-state index contributed by atoms with van der Waals surface area (Å²) < 4.78 is 29.0. The highest BCUT2D eigenvalue weighted by Gasteiger charge is 2.37. The lowest BCUT2D eigenvalue weighted by Crippen LogP contribution is -2.30. The van der Waals surface area contributed by atoms with Gasteiger partial charge in [-0.15, -0.1) is 0 Å². The third-order valence-electron chi connectivity index (χ3n) is 3.55. The maximum absolute atomic E-state index is 11.9. The van der Waals surface area contributed by atoms with Crippen molar-refractivity contribution in [1.29, 1.82) is 0 Å². The smallest absolute Gasteiger partial charge is 0.153 e. The molecule has 0 radical (unpaired) electrons. The number of ether oxygens (including phenoxy) is 1. The SMILES string of the molecule is CCCCSC1CS(=O)(=O)CC1Nc1cccc(OC)c1. The maximum Gasteiger partial charge on any atom is 0.153 e. The molecule has 0 aromatic heterocycles. The van der Waals surface area contributed by atoms with E-state index in [1.54, 1.807) is 18.9 Å². The molecule has 1 N–H and O–H groups in total. The van der Waals surface area contributed by atoms with Crippen LogP contribution in [-0.4, -0.2) is 44.1 Å². The first kappa shape index (κ1) is 16.5. The molecule has 1 fully saturated rings. The summed E-state index contributed by atoms with van der Waals surface area (Å²) in [6.07, 6.45) is 2.27. The molecule has 2 rings (SSSR count). The number of rotatable bonds is 7. The number of hydrogen-bond acceptors (Lipinski definition) is 5. The molecule has 2 atom stereocenters. The average Bonchev–Trinajstić information content (AvgIpc) is 2.73. The first-order chi connectivity index (χ1) is 10.0. The van der Waals surface area contributed by atoms with Gasteiger partial charge in [-0.3, -0.25) is 0 Å². The van der Waals surface area contributed by atoms with E-state index in [0.29, 0.717) is 0 Å². The summed E-state index contributed by atoms with van der Waals surface area (Å²) in [7, 11) is -1.30. The molecule has 0 bridgehead atoms. The van der Waals surface area contributed by atoms with Gasteiger partial charge in [0.25, 0.3) is 0 Å². The molecule has 4 nitrogen and oxygen atoms in total. The standard InChI is InChI=1S/C15H23NO3S2/c1-3-4-8-20-15-11-21(17,18)10-14(15)16-12-6-5-7-13(9-12)19-2/h5-7,9,14-16H,3-4,8,10-11H2,1-2H3. The second-order valence-corrected chi connectivity index (χ2v) is 8.82. The fourth-order valence-corrected chi connectivity index (χ4v) is 6.44. The summed E-state index contributed by atoms with van der Waals surface area (Å²) in [5.74, 6) is 2.29. The van der Waals surface area contributed by atoms with Crippen molar-refractivity contribution in [3.05, 3.63) is 24.3 Å². The Kier molecular flexibility index (Phi) is 5.81. The van der Waals surface area contributed by atoms with Gasteiger partial charge in [0.2, 0.25) is 0 Å². The predicted molar refractivity (Wildman–Crippen MR) is 90.2 cm³/mol. The Bertz CT molecular complexity index is 560. The molecule has 0 spiro atoms. The Morgan fingerprint density at radius 2 is 2.19 bits per heavy atom. The lowest BCUT2D eigenvalue weighted by molar-refractivity contribution is 0.415. The molecule has 0 aliphatic carbocycles. The zero-order chi connectivity index (χ0) is 15.3. The highest BCUT2D eigenvalue weighted by Crippen LogP contribution is 2.29. The van der Waals surface area contributed by atoms with Crippen LogP contribution in [0.25, 0.3) is 0 Å². The number of methoxy groups -OCH3 is 1. The van der Waals surface area contributed by atoms with Crippen molar-refractivity contribution < 1.29 is 13.2 Å². The van der Waals surface area contributed by atoms with Crippen LogP contribution < -0.4 is 10.1 Å². The van der Waals surface area contributed by atoms with Crippen molar-refractivity contribution in [2.24, 2.45) is 0 Å². The second-order valence-electron chi connectivity index (χ2n) is 5.32. The largest absolute Gasteiger partial charge is 0.497 e. The third-order valence-corrected chi connectivity index (χ3v) is 6.94. The van der Waals surface area contributed by atoms with Gasteiger partial charge in [0.1, 0.15) is 5.75 Å². The van der Waals surface area contributed by atoms with Crippen LogP contribution in [0.5, 0.6) is 5.75 Å². The highest BCUT2D eigenvalue weighted by atomic mass is 32.2. The van der Waals surface area contributed by atoms with E-state index in [4.69, 9.17) is 4.74 Å². The monoisotopic (exact) mass is 329 g/mol. The fourth-order valence-electron chi connectivity index (χ4n) is 2.42. The summed E-state index contributed by atoms with van der Waals surface area (Å²) in [5, 5.41) is 3.50. The van der Waals surface area contributed by atoms with Crippen LogP contribution in [0, 0.1) is 0 Å². The minimum Gasteiger partial charge on any atom is -0.497 e. The average molecular weight is 329 g/mol. The molecule has 1 aromatic carbocycles. The number of nitrogens with one attached hydrogen (secondary N) is 1. The Morgan fingerprint density at radius 3 is 2.90 bits per heavy atom. The minimum atomic E-state index is -2.93. The highest BCUT2D eigenvalue weighted by molar-refractivity contribution is 8.01. The van der Waals surface area contributed by atoms with Gasteiger partial charge in [-0.1, -0.05) is 19.4 Å². The fraction of sp³-hybridized carbons (Fsp3) is 0.600. The molecule has 1 aliphatic rings. The number of unbranched alkanes of at least 4 members (excludes halogenated alkanes) is 1. The molecule has 1 aromatic rings. The van der Waals surface area contributed by atoms with Crippen LogP contribution in [0.15, 0.2) is 24.3 Å². The summed E-state index contributed by atoms with van der Waals surface area (Å²) in [6, 6.07) is 7.61. The predicted octanol–water partition coefficient (Wildman–Crippen LogP) is 2.81. The molecular weight excluding hydrogens is 306 g/mol. The van der Waals surface area contributed by atoms with E-state index >= 15 is 0 Å². The zero-order valence-corrected chi connectivity index (χ0v) is 14.2. The molecule has 2 unspecified atom stereocenters. The van der Waals surface area contributed by atoms with Crippen LogP contribution in [0.3, 0.4) is 0 Å². The Balaban J connectivity index is 2.04. The van der Waals surface area contributed by atoms with E-state index in [-0.39, 0.29) is 22.8 Å². The van der Waals surface area contributed by atoms with Gasteiger partial charge >= 0.3 is 0 Å². The topological polar surface area (TPSA) is 55.4 Å². The summed E-state index contributed by atoms with van der Waals surface area (Å²) in [5.41, 5.74) is 0.914. The van der Waals surface area contributed by atoms with E-state index in [2.05, 4.69) is 12.2 Å². The van der Waals surface area contributed by atoms with Crippen LogP contribution in [0.4, 0.5) is 5.69 Å². The first-order valence-corrected chi connectivity index (χ1v) is 10.1. The lowest BCUT2D eigenvalue weighted by atomic mass is 10.2. The van der Waals surface area contributed by atoms with Gasteiger partial charge in [-0.2, -0.15) is 11.8 Å². The molecule has 21 heavy (non-hydrogen) atoms. The second kappa shape index (κ2) is 7.40. The van der Waals surface area contributed by atoms with Crippen molar-refractivity contribution in [3.63, 3.8) is 0 Å². The number of sulfone groups is 1. The Morgan fingerprint density at radius 1 is 1.38 bits per heavy atom. The summed E-state index contributed by atoms with van der Waals surface area (Å²) in [6.45, 7) is 2.15. The quantitative estimate of drug-likeness (QED) is 0.780. The van der Waals surface area contributed by atoms with Crippen LogP contribution >= 0.6 is 11.8 Å². The molecule has 0 saturated carbocycles. The molecule has 0 amide bonds. The molecule has 1 heterocycles. The molecule has 118 valence electrons. The van der Waals surface area contributed by atoms with E-state index in [9.17, 15) is 8.42 Å². The Labute approximate surface area is 131 Å². The van der Waals surface area contributed by atoms with Gasteiger partial charge in [-0.05, 0) is 24.3 Å². The molecule has 1 saturated heterocycles. The van der Waals surface area contributed by atoms with Crippen molar-refractivity contribution >= 4 is 27.3 Å². The normalized spacial score (nSPS) is 23.9. The molecule has 6 heteroatoms. The Hall–Kier alpha value is -0.880. The van der Waals surface area contributed by atoms with Gasteiger partial charge < -0.3 is 10.1 Å². The van der Waals surface area contributed by atoms with Crippen molar-refractivity contribution in [2.45, 2.75) is 31.1 Å². The van der Waals surface area contributed by atoms with Gasteiger partial charge in [-0.25, -0.2) is 8.42 Å². The number of benzene rings is 1. The van der Waals surface area contributed by atoms with Crippen LogP contribution in [-0.2, 0) is 9.84 Å². The zero-order valence-electron chi connectivity index (χ0n) is 12.5. The van der Waals surface area contributed by atoms with E-state index in [1.807, 2.05) is 24.3 Å². The molecule has 1 aliphatic heterocycles. The van der Waals surface area contributed by atoms with E-state index in [1.165, 1.54) is 0 Å². The molecular formula is C15H23NO3S2. The van der Waals surface area contributed by atoms with Crippen LogP contribution in [0.2, 0.25) is 0 Å². The van der Waals surface area contributed by atoms with E-state index in [0.717, 1.165) is 30.0 Å². The summed E-state index contributed by atoms with van der Waals surface area (Å²) in [4.78, 5) is 0. The maximum atomic E-state index is 11.9. The minimum absolute atomic E-state index is 0.0241. The van der Waals surface area contributed by atoms with Crippen molar-refractivity contribution in [2.75, 3.05) is 29.7 Å². The van der Waals surface area contributed by atoms with E-state index < -0.39 is 9.84 Å². The van der Waals surface area contributed by atoms with Gasteiger partial charge in [0.05, 0.1) is 24.7 Å². The number of thioether (sulfide) groups is 1. The lowest BCUT2D eigenvalue weighted by Gasteiger charge is -2.20. The van der Waals surface area contributed by atoms with Gasteiger partial charge in [0, 0.05) is 17.0 Å². The van der Waals surface area contributed by atoms with Gasteiger partial charge in [0.15, 0.2) is 9.84 Å².